The minimum atomic E-state index is -0.492. The molecule has 0 radical (unpaired) electrons. The molecule has 1 aromatic carbocycles. The summed E-state index contributed by atoms with van der Waals surface area (Å²) in [7, 11) is 0. The largest absolute Gasteiger partial charge is 0.463 e. The number of nitrogens with one attached hydrogen (secondary N) is 1. The smallest absolute Gasteiger partial charge is 0.407 e. The number of hydrogen-bond donors (Lipinski definition) is 1. The van der Waals surface area contributed by atoms with E-state index < -0.39 is 6.09 Å². The molecule has 0 aliphatic carbocycles. The first-order valence-corrected chi connectivity index (χ1v) is 8.69. The Morgan fingerprint density at radius 3 is 2.46 bits per heavy atom. The zero-order valence-corrected chi connectivity index (χ0v) is 14.9. The average Bonchev–Trinajstić information content (AvgIpc) is 2.61. The molecule has 0 spiro atoms. The number of ether oxygens (including phenoxy) is 2. The molecule has 0 bridgehead atoms. The van der Waals surface area contributed by atoms with Crippen molar-refractivity contribution in [1.82, 2.24) is 5.32 Å². The van der Waals surface area contributed by atoms with Crippen LogP contribution < -0.4 is 5.32 Å². The summed E-state index contributed by atoms with van der Waals surface area (Å²) in [6.07, 6.45) is 2.57. The number of unbranched alkanes of at least 4 members (excludes halogenated alkanes) is 1. The first-order valence-electron chi connectivity index (χ1n) is 8.69. The van der Waals surface area contributed by atoms with Crippen LogP contribution in [0, 0.1) is 5.92 Å². The van der Waals surface area contributed by atoms with E-state index in [0.717, 1.165) is 24.8 Å². The van der Waals surface area contributed by atoms with Crippen molar-refractivity contribution in [3.05, 3.63) is 35.9 Å². The van der Waals surface area contributed by atoms with Gasteiger partial charge in [-0.15, -0.1) is 0 Å². The lowest BCUT2D eigenvalue weighted by molar-refractivity contribution is -0.144. The lowest BCUT2D eigenvalue weighted by atomic mass is 10.0. The van der Waals surface area contributed by atoms with Crippen molar-refractivity contribution >= 4 is 12.1 Å². The van der Waals surface area contributed by atoms with Gasteiger partial charge in [-0.05, 0) is 17.9 Å². The van der Waals surface area contributed by atoms with Gasteiger partial charge in [-0.1, -0.05) is 63.9 Å². The van der Waals surface area contributed by atoms with E-state index in [2.05, 4.69) is 5.32 Å². The van der Waals surface area contributed by atoms with Gasteiger partial charge in [0.1, 0.15) is 13.2 Å². The third kappa shape index (κ3) is 7.99. The Morgan fingerprint density at radius 1 is 1.12 bits per heavy atom. The Hall–Kier alpha value is -2.04. The van der Waals surface area contributed by atoms with Gasteiger partial charge < -0.3 is 14.8 Å². The quantitative estimate of drug-likeness (QED) is 0.655. The molecule has 0 fully saturated rings. The summed E-state index contributed by atoms with van der Waals surface area (Å²) in [5.74, 6) is -0.0298. The Morgan fingerprint density at radius 2 is 1.83 bits per heavy atom. The molecule has 0 aromatic heterocycles. The van der Waals surface area contributed by atoms with Crippen molar-refractivity contribution in [2.75, 3.05) is 6.61 Å². The van der Waals surface area contributed by atoms with Crippen LogP contribution in [0.15, 0.2) is 30.3 Å². The van der Waals surface area contributed by atoms with Gasteiger partial charge in [-0.2, -0.15) is 0 Å². The molecule has 0 saturated heterocycles. The van der Waals surface area contributed by atoms with E-state index in [1.165, 1.54) is 0 Å². The molecule has 0 aliphatic rings. The maximum Gasteiger partial charge on any atom is 0.407 e. The van der Waals surface area contributed by atoms with E-state index in [1.807, 2.05) is 51.1 Å². The number of carbonyl (C=O) groups excluding carboxylic acids is 2. The number of alkyl carbamates (subject to hydrolysis) is 1. The second kappa shape index (κ2) is 11.5. The molecule has 1 rings (SSSR count). The van der Waals surface area contributed by atoms with E-state index in [-0.39, 0.29) is 31.1 Å². The molecular weight excluding hydrogens is 306 g/mol. The molecular formula is C19H29NO4. The van der Waals surface area contributed by atoms with Crippen molar-refractivity contribution in [3.8, 4) is 0 Å². The van der Waals surface area contributed by atoms with Gasteiger partial charge in [-0.25, -0.2) is 4.79 Å². The molecule has 2 unspecified atom stereocenters. The maximum atomic E-state index is 12.0. The average molecular weight is 335 g/mol. The third-order valence-corrected chi connectivity index (χ3v) is 4.01. The Bertz CT molecular complexity index is 489. The SMILES string of the molecule is CCCCC(=O)OCC(NC(=O)OCc1ccccc1)C(C)CC. The molecule has 134 valence electrons. The summed E-state index contributed by atoms with van der Waals surface area (Å²) in [4.78, 5) is 23.6. The molecule has 0 heterocycles. The predicted molar refractivity (Wildman–Crippen MR) is 93.5 cm³/mol. The van der Waals surface area contributed by atoms with E-state index in [9.17, 15) is 9.59 Å². The van der Waals surface area contributed by atoms with E-state index in [4.69, 9.17) is 9.47 Å². The summed E-state index contributed by atoms with van der Waals surface area (Å²) in [5.41, 5.74) is 0.929. The highest BCUT2D eigenvalue weighted by Gasteiger charge is 2.21. The third-order valence-electron chi connectivity index (χ3n) is 4.01. The fraction of sp³-hybridized carbons (Fsp3) is 0.579. The molecule has 2 atom stereocenters. The zero-order chi connectivity index (χ0) is 17.8. The number of rotatable bonds is 10. The molecule has 5 heteroatoms. The summed E-state index contributed by atoms with van der Waals surface area (Å²) < 4.78 is 10.5. The standard InChI is InChI=1S/C19H29NO4/c1-4-6-12-18(21)23-14-17(15(3)5-2)20-19(22)24-13-16-10-8-7-9-11-16/h7-11,15,17H,4-6,12-14H2,1-3H3,(H,20,22). The monoisotopic (exact) mass is 335 g/mol. The van der Waals surface area contributed by atoms with Gasteiger partial charge in [0.25, 0.3) is 0 Å². The molecule has 0 aliphatic heterocycles. The summed E-state index contributed by atoms with van der Waals surface area (Å²) >= 11 is 0. The Balaban J connectivity index is 2.43. The predicted octanol–water partition coefficient (Wildman–Crippen LogP) is 4.06. The Labute approximate surface area is 144 Å². The number of carbonyl (C=O) groups is 2. The van der Waals surface area contributed by atoms with Crippen molar-refractivity contribution in [2.45, 2.75) is 59.1 Å². The van der Waals surface area contributed by atoms with Gasteiger partial charge in [0.15, 0.2) is 0 Å². The van der Waals surface area contributed by atoms with E-state index in [1.54, 1.807) is 0 Å². The summed E-state index contributed by atoms with van der Waals surface area (Å²) in [6, 6.07) is 9.26. The molecule has 5 nitrogen and oxygen atoms in total. The second-order valence-corrected chi connectivity index (χ2v) is 5.98. The minimum Gasteiger partial charge on any atom is -0.463 e. The van der Waals surface area contributed by atoms with Crippen molar-refractivity contribution in [2.24, 2.45) is 5.92 Å². The Kier molecular flexibility index (Phi) is 9.58. The first-order chi connectivity index (χ1) is 11.6. The van der Waals surface area contributed by atoms with Crippen LogP contribution in [-0.2, 0) is 20.9 Å². The lowest BCUT2D eigenvalue weighted by Crippen LogP contribution is -2.43. The number of hydrogen-bond acceptors (Lipinski definition) is 4. The van der Waals surface area contributed by atoms with Gasteiger partial charge in [-0.3, -0.25) is 4.79 Å². The highest BCUT2D eigenvalue weighted by molar-refractivity contribution is 5.70. The van der Waals surface area contributed by atoms with Crippen LogP contribution in [0.3, 0.4) is 0 Å². The molecule has 24 heavy (non-hydrogen) atoms. The van der Waals surface area contributed by atoms with Gasteiger partial charge in [0.05, 0.1) is 6.04 Å². The molecule has 1 amide bonds. The van der Waals surface area contributed by atoms with E-state index >= 15 is 0 Å². The van der Waals surface area contributed by atoms with Crippen LogP contribution in [0.4, 0.5) is 4.79 Å². The first kappa shape index (κ1) is 20.0. The van der Waals surface area contributed by atoms with Crippen LogP contribution in [-0.4, -0.2) is 24.7 Å². The van der Waals surface area contributed by atoms with Gasteiger partial charge >= 0.3 is 12.1 Å². The van der Waals surface area contributed by atoms with Crippen molar-refractivity contribution < 1.29 is 19.1 Å². The maximum absolute atomic E-state index is 12.0. The van der Waals surface area contributed by atoms with Gasteiger partial charge in [0, 0.05) is 6.42 Å². The normalized spacial score (nSPS) is 13.0. The molecule has 1 N–H and O–H groups in total. The minimum absolute atomic E-state index is 0.179. The molecule has 1 aromatic rings. The van der Waals surface area contributed by atoms with Crippen molar-refractivity contribution in [3.63, 3.8) is 0 Å². The van der Waals surface area contributed by atoms with Gasteiger partial charge in [0.2, 0.25) is 0 Å². The van der Waals surface area contributed by atoms with Crippen LogP contribution in [0.2, 0.25) is 0 Å². The zero-order valence-electron chi connectivity index (χ0n) is 14.9. The summed E-state index contributed by atoms with van der Waals surface area (Å²) in [6.45, 7) is 6.48. The molecule has 0 saturated carbocycles. The fourth-order valence-corrected chi connectivity index (χ4v) is 2.12. The summed E-state index contributed by atoms with van der Waals surface area (Å²) in [5, 5.41) is 2.81. The second-order valence-electron chi connectivity index (χ2n) is 5.98. The fourth-order valence-electron chi connectivity index (χ4n) is 2.12. The topological polar surface area (TPSA) is 64.6 Å². The van der Waals surface area contributed by atoms with Crippen LogP contribution >= 0.6 is 0 Å². The highest BCUT2D eigenvalue weighted by Crippen LogP contribution is 2.10. The number of amides is 1. The van der Waals surface area contributed by atoms with Crippen molar-refractivity contribution in [1.29, 1.82) is 0 Å². The van der Waals surface area contributed by atoms with Crippen LogP contribution in [0.1, 0.15) is 52.0 Å². The van der Waals surface area contributed by atoms with Crippen LogP contribution in [0.5, 0.6) is 0 Å². The highest BCUT2D eigenvalue weighted by atomic mass is 16.6. The van der Waals surface area contributed by atoms with E-state index in [0.29, 0.717) is 6.42 Å². The number of esters is 1. The lowest BCUT2D eigenvalue weighted by Gasteiger charge is -2.23. The number of benzene rings is 1. The van der Waals surface area contributed by atoms with Crippen LogP contribution in [0.25, 0.3) is 0 Å².